The first-order chi connectivity index (χ1) is 20.0. The van der Waals surface area contributed by atoms with Crippen molar-refractivity contribution in [1.82, 2.24) is 20.9 Å². The van der Waals surface area contributed by atoms with E-state index in [1.165, 1.54) is 0 Å². The number of aromatic amines is 1. The number of nitrogens with zero attached hydrogens (tertiary/aromatic N) is 1. The molecule has 1 aromatic heterocycles. The van der Waals surface area contributed by atoms with Crippen molar-refractivity contribution in [3.05, 3.63) is 36.0 Å². The van der Waals surface area contributed by atoms with Crippen molar-refractivity contribution in [2.24, 2.45) is 28.1 Å². The minimum absolute atomic E-state index is 0.0453. The Hall–Kier alpha value is -3.78. The van der Waals surface area contributed by atoms with Crippen LogP contribution in [0.1, 0.15) is 45.1 Å². The molecule has 0 aliphatic carbocycles. The number of amides is 3. The number of hydrogen-bond donors (Lipinski definition) is 8. The topological polar surface area (TPSA) is 231 Å². The molecule has 13 nitrogen and oxygen atoms in total. The van der Waals surface area contributed by atoms with Gasteiger partial charge in [0.15, 0.2) is 5.96 Å². The molecule has 2 rings (SSSR count). The van der Waals surface area contributed by atoms with Crippen LogP contribution in [0.2, 0.25) is 0 Å². The fraction of sp³-hybridized carbons (Fsp3) is 0.536. The van der Waals surface area contributed by atoms with Gasteiger partial charge in [0.1, 0.15) is 18.1 Å². The standard InChI is InChI=1S/C28H44N8O5S/c1-4-16(2)23(26(39)35-22(27(40)41)14-17-15-33-20-9-6-5-8-18(17)20)36-25(38)21(10-7-12-32-28(30)31)34-24(37)19(29)11-13-42-3/h5-6,8-9,15-16,19,21-23,33H,4,7,10-14,29H2,1-3H3,(H,34,37)(H,35,39)(H,36,38)(H,40,41)(H4,30,31,32). The summed E-state index contributed by atoms with van der Waals surface area (Å²) in [5, 5.41) is 18.8. The van der Waals surface area contributed by atoms with Crippen molar-refractivity contribution in [2.75, 3.05) is 18.6 Å². The quantitative estimate of drug-likeness (QED) is 0.0669. The number of nitrogens with one attached hydrogen (secondary N) is 4. The number of carbonyl (C=O) groups excluding carboxylic acids is 3. The minimum Gasteiger partial charge on any atom is -0.480 e. The number of hydrogen-bond acceptors (Lipinski definition) is 7. The predicted octanol–water partition coefficient (Wildman–Crippen LogP) is 0.430. The highest BCUT2D eigenvalue weighted by molar-refractivity contribution is 7.98. The van der Waals surface area contributed by atoms with Crippen LogP contribution in [-0.4, -0.2) is 82.5 Å². The highest BCUT2D eigenvalue weighted by atomic mass is 32.2. The molecule has 5 unspecified atom stereocenters. The maximum absolute atomic E-state index is 13.4. The van der Waals surface area contributed by atoms with Gasteiger partial charge in [0.25, 0.3) is 0 Å². The summed E-state index contributed by atoms with van der Waals surface area (Å²) in [6, 6.07) is 3.38. The number of para-hydroxylation sites is 1. The van der Waals surface area contributed by atoms with Gasteiger partial charge in [-0.15, -0.1) is 0 Å². The molecule has 0 saturated heterocycles. The van der Waals surface area contributed by atoms with Crippen LogP contribution >= 0.6 is 11.8 Å². The Bertz CT molecular complexity index is 1230. The predicted molar refractivity (Wildman–Crippen MR) is 166 cm³/mol. The first-order valence-electron chi connectivity index (χ1n) is 14.0. The van der Waals surface area contributed by atoms with Crippen LogP contribution in [0.5, 0.6) is 0 Å². The second-order valence-electron chi connectivity index (χ2n) is 10.2. The Morgan fingerprint density at radius 2 is 1.71 bits per heavy atom. The number of carboxylic acid groups (broad SMARTS) is 1. The van der Waals surface area contributed by atoms with Crippen LogP contribution in [0.3, 0.4) is 0 Å². The van der Waals surface area contributed by atoms with Gasteiger partial charge < -0.3 is 43.2 Å². The first-order valence-corrected chi connectivity index (χ1v) is 15.4. The number of aromatic nitrogens is 1. The molecule has 0 fully saturated rings. The highest BCUT2D eigenvalue weighted by Crippen LogP contribution is 2.19. The lowest BCUT2D eigenvalue weighted by Gasteiger charge is -2.28. The van der Waals surface area contributed by atoms with Crippen LogP contribution in [0.15, 0.2) is 35.5 Å². The summed E-state index contributed by atoms with van der Waals surface area (Å²) in [4.78, 5) is 58.8. The Morgan fingerprint density at radius 1 is 1.02 bits per heavy atom. The number of H-pyrrole nitrogens is 1. The number of guanidine groups is 1. The van der Waals surface area contributed by atoms with Gasteiger partial charge >= 0.3 is 5.97 Å². The Morgan fingerprint density at radius 3 is 2.36 bits per heavy atom. The van der Waals surface area contributed by atoms with E-state index >= 15 is 0 Å². The summed E-state index contributed by atoms with van der Waals surface area (Å²) >= 11 is 1.55. The number of thioether (sulfide) groups is 1. The van der Waals surface area contributed by atoms with Gasteiger partial charge in [-0.05, 0) is 48.8 Å². The van der Waals surface area contributed by atoms with E-state index < -0.39 is 47.9 Å². The van der Waals surface area contributed by atoms with E-state index in [1.54, 1.807) is 24.9 Å². The third-order valence-electron chi connectivity index (χ3n) is 7.05. The zero-order chi connectivity index (χ0) is 31.2. The summed E-state index contributed by atoms with van der Waals surface area (Å²) in [6.07, 6.45) is 5.20. The number of rotatable bonds is 18. The van der Waals surface area contributed by atoms with E-state index in [4.69, 9.17) is 17.2 Å². The molecule has 0 aliphatic heterocycles. The molecule has 232 valence electrons. The van der Waals surface area contributed by atoms with Gasteiger partial charge in [-0.25, -0.2) is 4.79 Å². The van der Waals surface area contributed by atoms with Gasteiger partial charge in [-0.2, -0.15) is 11.8 Å². The molecule has 5 atom stereocenters. The van der Waals surface area contributed by atoms with E-state index in [2.05, 4.69) is 25.9 Å². The van der Waals surface area contributed by atoms with E-state index in [9.17, 15) is 24.3 Å². The lowest BCUT2D eigenvalue weighted by molar-refractivity contribution is -0.142. The molecule has 0 saturated carbocycles. The molecule has 42 heavy (non-hydrogen) atoms. The Labute approximate surface area is 250 Å². The van der Waals surface area contributed by atoms with Crippen LogP contribution in [0.25, 0.3) is 10.9 Å². The van der Waals surface area contributed by atoms with Crippen molar-refractivity contribution in [3.63, 3.8) is 0 Å². The fourth-order valence-electron chi connectivity index (χ4n) is 4.36. The Kier molecular flexibility index (Phi) is 14.1. The van der Waals surface area contributed by atoms with Gasteiger partial charge in [0, 0.05) is 30.1 Å². The van der Waals surface area contributed by atoms with Crippen LogP contribution in [0.4, 0.5) is 0 Å². The fourth-order valence-corrected chi connectivity index (χ4v) is 4.85. The number of carboxylic acids is 1. The smallest absolute Gasteiger partial charge is 0.326 e. The van der Waals surface area contributed by atoms with E-state index in [0.717, 1.165) is 16.5 Å². The first kappa shape index (κ1) is 34.4. The van der Waals surface area contributed by atoms with Crippen LogP contribution in [0, 0.1) is 5.92 Å². The molecule has 1 aromatic carbocycles. The molecule has 1 heterocycles. The van der Waals surface area contributed by atoms with Gasteiger partial charge in [-0.1, -0.05) is 38.5 Å². The largest absolute Gasteiger partial charge is 0.480 e. The monoisotopic (exact) mass is 604 g/mol. The van der Waals surface area contributed by atoms with Crippen molar-refractivity contribution in [2.45, 2.75) is 70.1 Å². The lowest BCUT2D eigenvalue weighted by atomic mass is 9.96. The van der Waals surface area contributed by atoms with Crippen LogP contribution < -0.4 is 33.2 Å². The summed E-state index contributed by atoms with van der Waals surface area (Å²) in [7, 11) is 0. The Balaban J connectivity index is 2.19. The second kappa shape index (κ2) is 17.2. The number of carbonyl (C=O) groups is 4. The molecule has 3 amide bonds. The zero-order valence-electron chi connectivity index (χ0n) is 24.4. The summed E-state index contributed by atoms with van der Waals surface area (Å²) in [5.74, 6) is -2.66. The van der Waals surface area contributed by atoms with Crippen molar-refractivity contribution < 1.29 is 24.3 Å². The molecule has 14 heteroatoms. The normalized spacial score (nSPS) is 14.7. The van der Waals surface area contributed by atoms with E-state index in [1.807, 2.05) is 37.4 Å². The lowest BCUT2D eigenvalue weighted by Crippen LogP contribution is -2.58. The molecule has 0 aliphatic rings. The molecular formula is C28H44N8O5S. The molecular weight excluding hydrogens is 560 g/mol. The molecule has 2 aromatic rings. The maximum atomic E-state index is 13.4. The van der Waals surface area contributed by atoms with E-state index in [0.29, 0.717) is 25.0 Å². The van der Waals surface area contributed by atoms with Crippen molar-refractivity contribution in [3.8, 4) is 0 Å². The molecule has 0 bridgehead atoms. The number of benzene rings is 1. The second-order valence-corrected chi connectivity index (χ2v) is 11.2. The van der Waals surface area contributed by atoms with Gasteiger partial charge in [0.2, 0.25) is 17.7 Å². The van der Waals surface area contributed by atoms with Crippen molar-refractivity contribution >= 4 is 52.3 Å². The molecule has 11 N–H and O–H groups in total. The highest BCUT2D eigenvalue weighted by Gasteiger charge is 2.33. The third-order valence-corrected chi connectivity index (χ3v) is 7.70. The SMILES string of the molecule is CCC(C)C(NC(=O)C(CCCN=C(N)N)NC(=O)C(N)CCSC)C(=O)NC(Cc1c[nH]c2ccccc12)C(=O)O. The number of fused-ring (bicyclic) bond motifs is 1. The molecule has 0 spiro atoms. The minimum atomic E-state index is -1.23. The zero-order valence-corrected chi connectivity index (χ0v) is 25.2. The van der Waals surface area contributed by atoms with Crippen molar-refractivity contribution in [1.29, 1.82) is 0 Å². The number of nitrogens with two attached hydrogens (primary N) is 3. The average molecular weight is 605 g/mol. The summed E-state index contributed by atoms with van der Waals surface area (Å²) in [5.41, 5.74) is 18.4. The number of aliphatic imine (C=N–C) groups is 1. The average Bonchev–Trinajstić information content (AvgIpc) is 3.37. The molecule has 0 radical (unpaired) electrons. The summed E-state index contributed by atoms with van der Waals surface area (Å²) < 4.78 is 0. The van der Waals surface area contributed by atoms with E-state index in [-0.39, 0.29) is 31.3 Å². The third kappa shape index (κ3) is 10.6. The summed E-state index contributed by atoms with van der Waals surface area (Å²) in [6.45, 7) is 3.88. The van der Waals surface area contributed by atoms with Crippen LogP contribution in [-0.2, 0) is 25.6 Å². The van der Waals surface area contributed by atoms with Gasteiger partial charge in [0.05, 0.1) is 6.04 Å². The number of aliphatic carboxylic acids is 1. The van der Waals surface area contributed by atoms with Gasteiger partial charge in [-0.3, -0.25) is 19.4 Å². The maximum Gasteiger partial charge on any atom is 0.326 e.